The number of hydrogen-bond donors (Lipinski definition) is 1. The predicted molar refractivity (Wildman–Crippen MR) is 42.7 cm³/mol. The normalized spacial score (nSPS) is 9.45. The van der Waals surface area contributed by atoms with E-state index in [9.17, 15) is 4.79 Å². The summed E-state index contributed by atoms with van der Waals surface area (Å²) in [6.07, 6.45) is 4.61. The largest absolute Gasteiger partial charge is 0.384 e. The summed E-state index contributed by atoms with van der Waals surface area (Å²) in [5.41, 5.74) is 6.38. The Kier molecular flexibility index (Phi) is 2.60. The molecule has 0 aliphatic rings. The van der Waals surface area contributed by atoms with Gasteiger partial charge in [-0.25, -0.2) is 4.98 Å². The molecule has 11 heavy (non-hydrogen) atoms. The Bertz CT molecular complexity index is 230. The average molecular weight is 149 g/mol. The zero-order chi connectivity index (χ0) is 8.10. The zero-order valence-corrected chi connectivity index (χ0v) is 6.08. The van der Waals surface area contributed by atoms with E-state index in [1.54, 1.807) is 12.3 Å². The highest BCUT2D eigenvalue weighted by Crippen LogP contribution is 2.02. The van der Waals surface area contributed by atoms with Gasteiger partial charge in [-0.3, -0.25) is 4.79 Å². The number of aryl methyl sites for hydroxylation is 1. The van der Waals surface area contributed by atoms with Crippen LogP contribution in [0.1, 0.15) is 12.0 Å². The molecule has 0 fully saturated rings. The number of nitrogens with two attached hydrogens (primary N) is 1. The lowest BCUT2D eigenvalue weighted by molar-refractivity contribution is 0.551. The van der Waals surface area contributed by atoms with Crippen LogP contribution in [0.25, 0.3) is 0 Å². The van der Waals surface area contributed by atoms with Gasteiger partial charge >= 0.3 is 0 Å². The van der Waals surface area contributed by atoms with Crippen LogP contribution in [-0.2, 0) is 11.2 Å². The number of hydrogen-bond acceptors (Lipinski definition) is 3. The van der Waals surface area contributed by atoms with Gasteiger partial charge in [0.1, 0.15) is 5.82 Å². The van der Waals surface area contributed by atoms with Gasteiger partial charge in [0.05, 0.1) is 0 Å². The van der Waals surface area contributed by atoms with Crippen molar-refractivity contribution >= 4 is 12.1 Å². The molecule has 0 unspecified atom stereocenters. The molecule has 57 valence electrons. The van der Waals surface area contributed by atoms with Gasteiger partial charge < -0.3 is 5.73 Å². The first kappa shape index (κ1) is 7.72. The van der Waals surface area contributed by atoms with Crippen molar-refractivity contribution in [2.24, 2.45) is 0 Å². The summed E-state index contributed by atoms with van der Waals surface area (Å²) in [6.45, 7) is 0. The number of nitrogen functional groups attached to an aromatic ring is 1. The molecule has 1 radical (unpaired) electrons. The highest BCUT2D eigenvalue weighted by atomic mass is 16.1. The highest BCUT2D eigenvalue weighted by Gasteiger charge is 1.92. The van der Waals surface area contributed by atoms with E-state index < -0.39 is 0 Å². The van der Waals surface area contributed by atoms with E-state index in [0.29, 0.717) is 18.7 Å². The van der Waals surface area contributed by atoms with Crippen LogP contribution >= 0.6 is 0 Å². The molecule has 1 heterocycles. The van der Waals surface area contributed by atoms with E-state index in [1.165, 1.54) is 0 Å². The monoisotopic (exact) mass is 149 g/mol. The van der Waals surface area contributed by atoms with Crippen molar-refractivity contribution in [2.75, 3.05) is 5.73 Å². The Morgan fingerprint density at radius 3 is 2.91 bits per heavy atom. The molecule has 0 aromatic carbocycles. The van der Waals surface area contributed by atoms with Crippen LogP contribution in [0, 0.1) is 0 Å². The van der Waals surface area contributed by atoms with E-state index >= 15 is 0 Å². The maximum absolute atomic E-state index is 9.88. The minimum absolute atomic E-state index is 0.422. The van der Waals surface area contributed by atoms with E-state index in [-0.39, 0.29) is 0 Å². The summed E-state index contributed by atoms with van der Waals surface area (Å²) in [6, 6.07) is 3.58. The molecular weight excluding hydrogens is 140 g/mol. The molecule has 1 aromatic heterocycles. The Hall–Kier alpha value is -1.38. The minimum Gasteiger partial charge on any atom is -0.384 e. The van der Waals surface area contributed by atoms with Crippen molar-refractivity contribution in [3.8, 4) is 0 Å². The van der Waals surface area contributed by atoms with Gasteiger partial charge in [-0.15, -0.1) is 0 Å². The summed E-state index contributed by atoms with van der Waals surface area (Å²) >= 11 is 0. The molecule has 0 aliphatic heterocycles. The standard InChI is InChI=1S/C8H9N2O/c9-8-4-3-7(6-10-8)2-1-5-11/h3-4,6H,1-2H2,(H2,9,10). The predicted octanol–water partition coefficient (Wildman–Crippen LogP) is 0.706. The summed E-state index contributed by atoms with van der Waals surface area (Å²) in [5.74, 6) is 0.504. The minimum atomic E-state index is 0.422. The first-order valence-electron chi connectivity index (χ1n) is 3.38. The van der Waals surface area contributed by atoms with Crippen LogP contribution in [0.3, 0.4) is 0 Å². The summed E-state index contributed by atoms with van der Waals surface area (Å²) in [7, 11) is 0. The lowest BCUT2D eigenvalue weighted by atomic mass is 10.2. The third-order valence-corrected chi connectivity index (χ3v) is 1.36. The Balaban J connectivity index is 2.58. The molecule has 3 nitrogen and oxygen atoms in total. The Morgan fingerprint density at radius 1 is 1.55 bits per heavy atom. The molecule has 0 saturated heterocycles. The number of nitrogens with zero attached hydrogens (tertiary/aromatic N) is 1. The maximum atomic E-state index is 9.88. The van der Waals surface area contributed by atoms with Gasteiger partial charge in [-0.1, -0.05) is 6.07 Å². The van der Waals surface area contributed by atoms with Gasteiger partial charge in [-0.05, 0) is 18.1 Å². The second-order valence-corrected chi connectivity index (χ2v) is 2.24. The molecule has 0 bridgehead atoms. The molecular formula is C8H9N2O. The molecule has 2 N–H and O–H groups in total. The average Bonchev–Trinajstić information content (AvgIpc) is 2.04. The number of aromatic nitrogens is 1. The van der Waals surface area contributed by atoms with Crippen molar-refractivity contribution in [1.82, 2.24) is 4.98 Å². The smallest absolute Gasteiger partial charge is 0.198 e. The summed E-state index contributed by atoms with van der Waals surface area (Å²) < 4.78 is 0. The van der Waals surface area contributed by atoms with Crippen molar-refractivity contribution in [3.05, 3.63) is 23.9 Å². The third-order valence-electron chi connectivity index (χ3n) is 1.36. The molecule has 0 spiro atoms. The molecule has 0 saturated carbocycles. The SMILES string of the molecule is Nc1ccc(CC[C]=O)cn1. The summed E-state index contributed by atoms with van der Waals surface area (Å²) in [5, 5.41) is 0. The topological polar surface area (TPSA) is 56.0 Å². The lowest BCUT2D eigenvalue weighted by Crippen LogP contribution is -1.91. The Labute approximate surface area is 65.2 Å². The van der Waals surface area contributed by atoms with Crippen LogP contribution in [-0.4, -0.2) is 11.3 Å². The van der Waals surface area contributed by atoms with E-state index in [0.717, 1.165) is 5.56 Å². The van der Waals surface area contributed by atoms with Gasteiger partial charge in [0, 0.05) is 12.6 Å². The first-order valence-corrected chi connectivity index (χ1v) is 3.38. The van der Waals surface area contributed by atoms with Gasteiger partial charge in [0.2, 0.25) is 0 Å². The zero-order valence-electron chi connectivity index (χ0n) is 6.08. The summed E-state index contributed by atoms with van der Waals surface area (Å²) in [4.78, 5) is 13.8. The van der Waals surface area contributed by atoms with Crippen LogP contribution in [0.4, 0.5) is 5.82 Å². The molecule has 0 amide bonds. The number of rotatable bonds is 3. The fourth-order valence-corrected chi connectivity index (χ4v) is 0.779. The maximum Gasteiger partial charge on any atom is 0.198 e. The number of anilines is 1. The molecule has 0 aliphatic carbocycles. The molecule has 1 aromatic rings. The van der Waals surface area contributed by atoms with Crippen LogP contribution < -0.4 is 5.73 Å². The van der Waals surface area contributed by atoms with Crippen LogP contribution in [0.2, 0.25) is 0 Å². The van der Waals surface area contributed by atoms with E-state index in [2.05, 4.69) is 4.98 Å². The van der Waals surface area contributed by atoms with Gasteiger partial charge in [0.15, 0.2) is 6.29 Å². The van der Waals surface area contributed by atoms with E-state index in [4.69, 9.17) is 5.73 Å². The van der Waals surface area contributed by atoms with Crippen LogP contribution in [0.15, 0.2) is 18.3 Å². The number of pyridine rings is 1. The second-order valence-electron chi connectivity index (χ2n) is 2.24. The third kappa shape index (κ3) is 2.37. The lowest BCUT2D eigenvalue weighted by Gasteiger charge is -1.95. The Morgan fingerprint density at radius 2 is 2.36 bits per heavy atom. The highest BCUT2D eigenvalue weighted by molar-refractivity contribution is 5.51. The van der Waals surface area contributed by atoms with Gasteiger partial charge in [-0.2, -0.15) is 0 Å². The van der Waals surface area contributed by atoms with Crippen LogP contribution in [0.5, 0.6) is 0 Å². The first-order chi connectivity index (χ1) is 5.33. The quantitative estimate of drug-likeness (QED) is 0.688. The van der Waals surface area contributed by atoms with Crippen molar-refractivity contribution in [2.45, 2.75) is 12.8 Å². The molecule has 0 atom stereocenters. The second kappa shape index (κ2) is 3.71. The fourth-order valence-electron chi connectivity index (χ4n) is 0.779. The van der Waals surface area contributed by atoms with Gasteiger partial charge in [0.25, 0.3) is 0 Å². The number of carbonyl (C=O) groups excluding carboxylic acids is 1. The molecule has 1 rings (SSSR count). The fraction of sp³-hybridized carbons (Fsp3) is 0.250. The molecule has 3 heteroatoms. The van der Waals surface area contributed by atoms with Crippen molar-refractivity contribution < 1.29 is 4.79 Å². The van der Waals surface area contributed by atoms with Crippen molar-refractivity contribution in [1.29, 1.82) is 0 Å². The van der Waals surface area contributed by atoms with E-state index in [1.807, 2.05) is 12.4 Å². The van der Waals surface area contributed by atoms with Crippen molar-refractivity contribution in [3.63, 3.8) is 0 Å².